The number of aryl methyl sites for hydroxylation is 2. The van der Waals surface area contributed by atoms with E-state index in [1.807, 2.05) is 12.1 Å². The van der Waals surface area contributed by atoms with Crippen molar-refractivity contribution in [1.29, 1.82) is 0 Å². The first kappa shape index (κ1) is 13.5. The predicted octanol–water partition coefficient (Wildman–Crippen LogP) is 3.17. The van der Waals surface area contributed by atoms with E-state index in [0.29, 0.717) is 0 Å². The van der Waals surface area contributed by atoms with Crippen molar-refractivity contribution in [2.45, 2.75) is 19.8 Å². The van der Waals surface area contributed by atoms with Gasteiger partial charge in [-0.05, 0) is 43.0 Å². The van der Waals surface area contributed by atoms with E-state index in [2.05, 4.69) is 47.3 Å². The second-order valence-corrected chi connectivity index (χ2v) is 5.34. The lowest BCUT2D eigenvalue weighted by molar-refractivity contribution is 0.318. The zero-order valence-corrected chi connectivity index (χ0v) is 12.1. The number of fused-ring (bicyclic) bond motifs is 1. The van der Waals surface area contributed by atoms with Gasteiger partial charge < -0.3 is 15.8 Å². The number of rotatable bonds is 2. The first-order valence-electron chi connectivity index (χ1n) is 7.15. The Morgan fingerprint density at radius 1 is 1.19 bits per heavy atom. The monoisotopic (exact) mass is 281 g/mol. The minimum Gasteiger partial charge on any atom is -0.409 e. The van der Waals surface area contributed by atoms with Crippen molar-refractivity contribution < 1.29 is 5.21 Å². The molecule has 0 radical (unpaired) electrons. The van der Waals surface area contributed by atoms with E-state index in [1.54, 1.807) is 0 Å². The summed E-state index contributed by atoms with van der Waals surface area (Å²) < 4.78 is 0. The fraction of sp³-hybridized carbons (Fsp3) is 0.235. The maximum absolute atomic E-state index is 9.04. The van der Waals surface area contributed by atoms with Gasteiger partial charge in [0, 0.05) is 17.8 Å². The molecule has 2 aromatic rings. The Morgan fingerprint density at radius 3 is 2.81 bits per heavy atom. The molecule has 0 fully saturated rings. The van der Waals surface area contributed by atoms with Crippen molar-refractivity contribution in [2.24, 2.45) is 10.9 Å². The third-order valence-electron chi connectivity index (χ3n) is 4.00. The first-order valence-corrected chi connectivity index (χ1v) is 7.15. The molecule has 4 nitrogen and oxygen atoms in total. The number of oxime groups is 1. The van der Waals surface area contributed by atoms with E-state index >= 15 is 0 Å². The molecule has 21 heavy (non-hydrogen) atoms. The summed E-state index contributed by atoms with van der Waals surface area (Å²) in [6.07, 6.45) is 2.19. The summed E-state index contributed by atoms with van der Waals surface area (Å²) in [5, 5.41) is 12.2. The van der Waals surface area contributed by atoms with E-state index in [4.69, 9.17) is 10.9 Å². The van der Waals surface area contributed by atoms with Crippen LogP contribution in [0, 0.1) is 6.92 Å². The molecule has 3 rings (SSSR count). The summed E-state index contributed by atoms with van der Waals surface area (Å²) in [6.45, 7) is 2.99. The van der Waals surface area contributed by atoms with Gasteiger partial charge in [0.05, 0.1) is 5.69 Å². The zero-order chi connectivity index (χ0) is 14.8. The fourth-order valence-electron chi connectivity index (χ4n) is 3.04. The molecular formula is C17H19N3O. The van der Waals surface area contributed by atoms with Gasteiger partial charge in [-0.2, -0.15) is 0 Å². The minimum absolute atomic E-state index is 0.150. The van der Waals surface area contributed by atoms with Crippen LogP contribution in [0.25, 0.3) is 0 Å². The maximum atomic E-state index is 9.04. The molecule has 0 spiro atoms. The second-order valence-electron chi connectivity index (χ2n) is 5.34. The molecule has 0 aromatic heterocycles. The van der Waals surface area contributed by atoms with Gasteiger partial charge in [-0.25, -0.2) is 0 Å². The quantitative estimate of drug-likeness (QED) is 0.385. The Balaban J connectivity index is 2.18. The average molecular weight is 281 g/mol. The molecular weight excluding hydrogens is 262 g/mol. The minimum atomic E-state index is 0.150. The third kappa shape index (κ3) is 2.33. The van der Waals surface area contributed by atoms with Crippen molar-refractivity contribution in [3.8, 4) is 0 Å². The average Bonchev–Trinajstić information content (AvgIpc) is 2.53. The van der Waals surface area contributed by atoms with Crippen LogP contribution < -0.4 is 10.6 Å². The van der Waals surface area contributed by atoms with Crippen molar-refractivity contribution in [2.75, 3.05) is 11.4 Å². The van der Waals surface area contributed by atoms with Crippen LogP contribution >= 0.6 is 0 Å². The Kier molecular flexibility index (Phi) is 3.52. The zero-order valence-electron chi connectivity index (χ0n) is 12.1. The molecule has 0 saturated heterocycles. The highest BCUT2D eigenvalue weighted by Crippen LogP contribution is 2.37. The number of hydrogen-bond donors (Lipinski definition) is 2. The van der Waals surface area contributed by atoms with Crippen LogP contribution in [0.4, 0.5) is 11.4 Å². The van der Waals surface area contributed by atoms with E-state index in [1.165, 1.54) is 11.3 Å². The topological polar surface area (TPSA) is 61.9 Å². The normalized spacial score (nSPS) is 14.9. The van der Waals surface area contributed by atoms with E-state index < -0.39 is 0 Å². The van der Waals surface area contributed by atoms with Gasteiger partial charge in [-0.1, -0.05) is 35.5 Å². The van der Waals surface area contributed by atoms with E-state index in [9.17, 15) is 0 Å². The van der Waals surface area contributed by atoms with Crippen LogP contribution in [0.1, 0.15) is 23.1 Å². The highest BCUT2D eigenvalue weighted by molar-refractivity contribution is 6.03. The number of anilines is 2. The molecule has 0 unspecified atom stereocenters. The molecule has 0 aliphatic carbocycles. The standard InChI is InChI=1S/C17H19N3O/c1-12-6-4-9-14(17(18)19-21)16(12)20-11-5-8-13-7-2-3-10-15(13)20/h2-4,6-7,9-10,21H,5,8,11H2,1H3,(H2,18,19). The highest BCUT2D eigenvalue weighted by atomic mass is 16.4. The lowest BCUT2D eigenvalue weighted by Gasteiger charge is -2.33. The van der Waals surface area contributed by atoms with Crippen molar-refractivity contribution in [1.82, 2.24) is 0 Å². The summed E-state index contributed by atoms with van der Waals surface area (Å²) in [4.78, 5) is 2.28. The highest BCUT2D eigenvalue weighted by Gasteiger charge is 2.22. The van der Waals surface area contributed by atoms with Crippen LogP contribution in [0.15, 0.2) is 47.6 Å². The van der Waals surface area contributed by atoms with Crippen molar-refractivity contribution in [3.05, 3.63) is 59.2 Å². The van der Waals surface area contributed by atoms with Gasteiger partial charge in [0.25, 0.3) is 0 Å². The second kappa shape index (κ2) is 5.48. The molecule has 1 heterocycles. The summed E-state index contributed by atoms with van der Waals surface area (Å²) in [5.74, 6) is 0.150. The molecule has 0 bridgehead atoms. The number of benzene rings is 2. The summed E-state index contributed by atoms with van der Waals surface area (Å²) in [5.41, 5.74) is 11.3. The largest absolute Gasteiger partial charge is 0.409 e. The van der Waals surface area contributed by atoms with E-state index in [-0.39, 0.29) is 5.84 Å². The summed E-state index contributed by atoms with van der Waals surface area (Å²) in [7, 11) is 0. The van der Waals surface area contributed by atoms with Gasteiger partial charge in [0.2, 0.25) is 0 Å². The maximum Gasteiger partial charge on any atom is 0.172 e. The van der Waals surface area contributed by atoms with Gasteiger partial charge in [0.15, 0.2) is 5.84 Å². The van der Waals surface area contributed by atoms with E-state index in [0.717, 1.165) is 36.2 Å². The molecule has 3 N–H and O–H groups in total. The van der Waals surface area contributed by atoms with Crippen molar-refractivity contribution in [3.63, 3.8) is 0 Å². The molecule has 1 aliphatic heterocycles. The summed E-state index contributed by atoms with van der Waals surface area (Å²) in [6, 6.07) is 14.3. The molecule has 4 heteroatoms. The van der Waals surface area contributed by atoms with Crippen LogP contribution in [0.2, 0.25) is 0 Å². The Morgan fingerprint density at radius 2 is 2.00 bits per heavy atom. The predicted molar refractivity (Wildman–Crippen MR) is 85.5 cm³/mol. The van der Waals surface area contributed by atoms with Crippen LogP contribution in [-0.4, -0.2) is 17.6 Å². The van der Waals surface area contributed by atoms with Crippen LogP contribution in [-0.2, 0) is 6.42 Å². The fourth-order valence-corrected chi connectivity index (χ4v) is 3.04. The molecule has 108 valence electrons. The van der Waals surface area contributed by atoms with Gasteiger partial charge in [-0.3, -0.25) is 0 Å². The number of nitrogens with zero attached hydrogens (tertiary/aromatic N) is 2. The molecule has 0 atom stereocenters. The molecule has 2 aromatic carbocycles. The van der Waals surface area contributed by atoms with Gasteiger partial charge in [-0.15, -0.1) is 0 Å². The molecule has 0 saturated carbocycles. The first-order chi connectivity index (χ1) is 10.2. The van der Waals surface area contributed by atoms with Crippen molar-refractivity contribution >= 4 is 17.2 Å². The number of nitrogens with two attached hydrogens (primary N) is 1. The van der Waals surface area contributed by atoms with Crippen LogP contribution in [0.3, 0.4) is 0 Å². The Bertz CT molecular complexity index is 694. The SMILES string of the molecule is Cc1cccc(/C(N)=N/O)c1N1CCCc2ccccc21. The van der Waals surface area contributed by atoms with Gasteiger partial charge >= 0.3 is 0 Å². The number of para-hydroxylation sites is 2. The van der Waals surface area contributed by atoms with Crippen LogP contribution in [0.5, 0.6) is 0 Å². The number of hydrogen-bond acceptors (Lipinski definition) is 3. The number of amidine groups is 1. The lowest BCUT2D eigenvalue weighted by Crippen LogP contribution is -2.28. The molecule has 1 aliphatic rings. The lowest BCUT2D eigenvalue weighted by atomic mass is 9.98. The molecule has 0 amide bonds. The Labute approximate surface area is 124 Å². The summed E-state index contributed by atoms with van der Waals surface area (Å²) >= 11 is 0. The third-order valence-corrected chi connectivity index (χ3v) is 4.00. The Hall–Kier alpha value is -2.49. The van der Waals surface area contributed by atoms with Gasteiger partial charge in [0.1, 0.15) is 0 Å². The smallest absolute Gasteiger partial charge is 0.172 e.